The normalized spacial score (nSPS) is 19.6. The van der Waals surface area contributed by atoms with Crippen LogP contribution in [0.3, 0.4) is 0 Å². The third-order valence-corrected chi connectivity index (χ3v) is 3.18. The van der Waals surface area contributed by atoms with Crippen molar-refractivity contribution in [3.8, 4) is 0 Å². The van der Waals surface area contributed by atoms with Crippen LogP contribution in [-0.2, 0) is 11.2 Å². The molecule has 0 aliphatic heterocycles. The number of fused-ring (bicyclic) bond motifs is 1. The van der Waals surface area contributed by atoms with E-state index in [2.05, 4.69) is 23.5 Å². The van der Waals surface area contributed by atoms with Gasteiger partial charge >= 0.3 is 0 Å². The molecule has 1 aromatic rings. The summed E-state index contributed by atoms with van der Waals surface area (Å²) in [6.07, 6.45) is 3.19. The number of nitrogens with one attached hydrogen (secondary N) is 1. The molecule has 2 heteroatoms. The van der Waals surface area contributed by atoms with Gasteiger partial charge in [0.05, 0.1) is 5.92 Å². The van der Waals surface area contributed by atoms with Crippen LogP contribution in [0, 0.1) is 0 Å². The van der Waals surface area contributed by atoms with Crippen molar-refractivity contribution in [1.29, 1.82) is 0 Å². The zero-order chi connectivity index (χ0) is 12.5. The molecule has 92 valence electrons. The molecule has 0 heterocycles. The molecule has 1 N–H and O–H groups in total. The molecule has 1 aliphatic carbocycles. The number of carbonyl (C=O) groups is 1. The largest absolute Gasteiger partial charge is 0.351 e. The van der Waals surface area contributed by atoms with E-state index in [-0.39, 0.29) is 17.4 Å². The van der Waals surface area contributed by atoms with Gasteiger partial charge in [0.1, 0.15) is 0 Å². The molecular weight excluding hydrogens is 210 g/mol. The fourth-order valence-electron chi connectivity index (χ4n) is 2.48. The number of carbonyl (C=O) groups excluding carboxylic acids is 1. The average molecular weight is 231 g/mol. The van der Waals surface area contributed by atoms with Crippen molar-refractivity contribution in [2.24, 2.45) is 0 Å². The highest BCUT2D eigenvalue weighted by Gasteiger charge is 2.28. The Balaban J connectivity index is 2.21. The Morgan fingerprint density at radius 1 is 1.29 bits per heavy atom. The van der Waals surface area contributed by atoms with Crippen molar-refractivity contribution < 1.29 is 4.79 Å². The highest BCUT2D eigenvalue weighted by Crippen LogP contribution is 2.31. The standard InChI is InChI=1S/C15H21NO/c1-15(2,3)16-14(17)13-10-6-8-11-7-4-5-9-12(11)13/h4-5,7,9,13H,6,8,10H2,1-3H3,(H,16,17). The van der Waals surface area contributed by atoms with Gasteiger partial charge in [-0.05, 0) is 51.2 Å². The maximum Gasteiger partial charge on any atom is 0.227 e. The second-order valence-electron chi connectivity index (χ2n) is 5.88. The van der Waals surface area contributed by atoms with Crippen molar-refractivity contribution in [3.63, 3.8) is 0 Å². The monoisotopic (exact) mass is 231 g/mol. The van der Waals surface area contributed by atoms with Crippen molar-refractivity contribution in [2.45, 2.75) is 51.5 Å². The summed E-state index contributed by atoms with van der Waals surface area (Å²) in [7, 11) is 0. The quantitative estimate of drug-likeness (QED) is 0.791. The molecule has 0 fully saturated rings. The van der Waals surface area contributed by atoms with E-state index < -0.39 is 0 Å². The molecular formula is C15H21NO. The van der Waals surface area contributed by atoms with Crippen LogP contribution in [0.2, 0.25) is 0 Å². The van der Waals surface area contributed by atoms with E-state index >= 15 is 0 Å². The van der Waals surface area contributed by atoms with Crippen molar-refractivity contribution in [3.05, 3.63) is 35.4 Å². The van der Waals surface area contributed by atoms with Crippen molar-refractivity contribution >= 4 is 5.91 Å². The lowest BCUT2D eigenvalue weighted by Gasteiger charge is -2.28. The van der Waals surface area contributed by atoms with Gasteiger partial charge < -0.3 is 5.32 Å². The third kappa shape index (κ3) is 2.87. The molecule has 2 nitrogen and oxygen atoms in total. The average Bonchev–Trinajstić information content (AvgIpc) is 2.26. The minimum Gasteiger partial charge on any atom is -0.351 e. The van der Waals surface area contributed by atoms with Crippen LogP contribution in [0.25, 0.3) is 0 Å². The van der Waals surface area contributed by atoms with E-state index in [1.165, 1.54) is 11.1 Å². The van der Waals surface area contributed by atoms with Gasteiger partial charge in [0.2, 0.25) is 5.91 Å². The third-order valence-electron chi connectivity index (χ3n) is 3.18. The fraction of sp³-hybridized carbons (Fsp3) is 0.533. The first-order valence-corrected chi connectivity index (χ1v) is 6.37. The molecule has 0 aromatic heterocycles. The Morgan fingerprint density at radius 3 is 2.71 bits per heavy atom. The van der Waals surface area contributed by atoms with Crippen LogP contribution >= 0.6 is 0 Å². The Morgan fingerprint density at radius 2 is 2.00 bits per heavy atom. The summed E-state index contributed by atoms with van der Waals surface area (Å²) >= 11 is 0. The van der Waals surface area contributed by atoms with Crippen LogP contribution in [0.15, 0.2) is 24.3 Å². The lowest BCUT2D eigenvalue weighted by Crippen LogP contribution is -2.43. The van der Waals surface area contributed by atoms with Gasteiger partial charge in [0.25, 0.3) is 0 Å². The first-order valence-electron chi connectivity index (χ1n) is 6.37. The van der Waals surface area contributed by atoms with Gasteiger partial charge in [-0.2, -0.15) is 0 Å². The van der Waals surface area contributed by atoms with Crippen LogP contribution in [0.1, 0.15) is 50.7 Å². The Hall–Kier alpha value is -1.31. The van der Waals surface area contributed by atoms with Gasteiger partial charge in [-0.1, -0.05) is 24.3 Å². The number of hydrogen-bond acceptors (Lipinski definition) is 1. The Kier molecular flexibility index (Phi) is 3.23. The van der Waals surface area contributed by atoms with Gasteiger partial charge in [-0.15, -0.1) is 0 Å². The Labute approximate surface area is 103 Å². The van der Waals surface area contributed by atoms with Gasteiger partial charge in [-0.25, -0.2) is 0 Å². The molecule has 1 aromatic carbocycles. The highest BCUT2D eigenvalue weighted by molar-refractivity contribution is 5.84. The summed E-state index contributed by atoms with van der Waals surface area (Å²) in [5.41, 5.74) is 2.41. The number of aryl methyl sites for hydroxylation is 1. The first kappa shape index (κ1) is 12.2. The predicted molar refractivity (Wildman–Crippen MR) is 70.0 cm³/mol. The van der Waals surface area contributed by atoms with E-state index in [1.807, 2.05) is 26.8 Å². The predicted octanol–water partition coefficient (Wildman–Crippen LogP) is 3.02. The second kappa shape index (κ2) is 4.52. The van der Waals surface area contributed by atoms with Gasteiger partial charge in [0.15, 0.2) is 0 Å². The van der Waals surface area contributed by atoms with Crippen LogP contribution in [0.4, 0.5) is 0 Å². The lowest BCUT2D eigenvalue weighted by atomic mass is 9.82. The molecule has 1 aliphatic rings. The number of hydrogen-bond donors (Lipinski definition) is 1. The van der Waals surface area contributed by atoms with E-state index in [4.69, 9.17) is 0 Å². The van der Waals surface area contributed by atoms with E-state index in [1.54, 1.807) is 0 Å². The topological polar surface area (TPSA) is 29.1 Å². The van der Waals surface area contributed by atoms with Crippen molar-refractivity contribution in [2.75, 3.05) is 0 Å². The molecule has 0 saturated heterocycles. The fourth-order valence-corrected chi connectivity index (χ4v) is 2.48. The summed E-state index contributed by atoms with van der Waals surface area (Å²) in [5.74, 6) is 0.212. The summed E-state index contributed by atoms with van der Waals surface area (Å²) in [4.78, 5) is 12.3. The summed E-state index contributed by atoms with van der Waals surface area (Å²) in [6, 6.07) is 8.33. The Bertz CT molecular complexity index is 417. The smallest absolute Gasteiger partial charge is 0.227 e. The van der Waals surface area contributed by atoms with Crippen LogP contribution in [0.5, 0.6) is 0 Å². The molecule has 0 bridgehead atoms. The second-order valence-corrected chi connectivity index (χ2v) is 5.88. The van der Waals surface area contributed by atoms with Gasteiger partial charge in [0, 0.05) is 5.54 Å². The first-order chi connectivity index (χ1) is 7.97. The number of amides is 1. The lowest BCUT2D eigenvalue weighted by molar-refractivity contribution is -0.124. The minimum atomic E-state index is -0.149. The van der Waals surface area contributed by atoms with Crippen LogP contribution in [-0.4, -0.2) is 11.4 Å². The molecule has 0 radical (unpaired) electrons. The molecule has 1 unspecified atom stereocenters. The molecule has 1 atom stereocenters. The number of rotatable bonds is 1. The maximum absolute atomic E-state index is 12.3. The minimum absolute atomic E-state index is 0.0409. The van der Waals surface area contributed by atoms with E-state index in [9.17, 15) is 4.79 Å². The van der Waals surface area contributed by atoms with E-state index in [0.717, 1.165) is 19.3 Å². The zero-order valence-corrected chi connectivity index (χ0v) is 10.9. The molecule has 0 spiro atoms. The molecule has 0 saturated carbocycles. The maximum atomic E-state index is 12.3. The summed E-state index contributed by atoms with van der Waals surface area (Å²) in [6.45, 7) is 6.08. The number of benzene rings is 1. The van der Waals surface area contributed by atoms with Crippen LogP contribution < -0.4 is 5.32 Å². The van der Waals surface area contributed by atoms with E-state index in [0.29, 0.717) is 0 Å². The zero-order valence-electron chi connectivity index (χ0n) is 10.9. The summed E-state index contributed by atoms with van der Waals surface area (Å²) in [5, 5.41) is 3.09. The molecule has 1 amide bonds. The summed E-state index contributed by atoms with van der Waals surface area (Å²) < 4.78 is 0. The SMILES string of the molecule is CC(C)(C)NC(=O)C1CCCc2ccccc21. The molecule has 2 rings (SSSR count). The van der Waals surface area contributed by atoms with Gasteiger partial charge in [-0.3, -0.25) is 4.79 Å². The highest BCUT2D eigenvalue weighted by atomic mass is 16.2. The molecule has 17 heavy (non-hydrogen) atoms. The van der Waals surface area contributed by atoms with Crippen molar-refractivity contribution in [1.82, 2.24) is 5.32 Å².